The Bertz CT molecular complexity index is 1520. The van der Waals surface area contributed by atoms with E-state index in [1.54, 1.807) is 0 Å². The summed E-state index contributed by atoms with van der Waals surface area (Å²) in [7, 11) is -26.9. The van der Waals surface area contributed by atoms with Gasteiger partial charge in [0.15, 0.2) is 24.8 Å². The lowest BCUT2D eigenvalue weighted by molar-refractivity contribution is -0.349. The molecule has 2 aliphatic rings. The first-order chi connectivity index (χ1) is 19.7. The van der Waals surface area contributed by atoms with Gasteiger partial charge in [0.25, 0.3) is 0 Å². The van der Waals surface area contributed by atoms with Crippen LogP contribution in [-0.2, 0) is 91.9 Å². The van der Waals surface area contributed by atoms with Crippen LogP contribution in [0.15, 0.2) is 0 Å². The minimum Gasteiger partial charge on any atom is -0.387 e. The van der Waals surface area contributed by atoms with Crippen LogP contribution in [0.4, 0.5) is 0 Å². The molecule has 0 aromatic rings. The minimum absolute atomic E-state index is 0.745. The fourth-order valence-electron chi connectivity index (χ4n) is 3.72. The molecule has 0 bridgehead atoms. The highest BCUT2D eigenvalue weighted by Gasteiger charge is 2.56. The predicted molar refractivity (Wildman–Crippen MR) is 125 cm³/mol. The number of hydrogen-bond donors (Lipinski definition) is 7. The van der Waals surface area contributed by atoms with Crippen molar-refractivity contribution in [2.45, 2.75) is 61.4 Å². The molecular weight excluding hydrogens is 732 g/mol. The first-order valence-corrected chi connectivity index (χ1v) is 17.6. The first kappa shape index (κ1) is 39.3. The minimum atomic E-state index is -5.75. The number of hydrogen-bond acceptors (Lipinski definition) is 21. The van der Waals surface area contributed by atoms with Crippen LogP contribution >= 0.6 is 0 Å². The summed E-state index contributed by atoms with van der Waals surface area (Å²) in [5.74, 6) is 0. The third kappa shape index (κ3) is 12.7. The molecule has 0 aromatic carbocycles. The molecule has 0 spiro atoms. The van der Waals surface area contributed by atoms with E-state index in [1.165, 1.54) is 0 Å². The largest absolute Gasteiger partial charge is 0.397 e. The molecule has 0 unspecified atom stereocenters. The molecule has 44 heavy (non-hydrogen) atoms. The molecule has 262 valence electrons. The van der Waals surface area contributed by atoms with Gasteiger partial charge in [0.2, 0.25) is 0 Å². The van der Waals surface area contributed by atoms with Crippen molar-refractivity contribution < 1.29 is 115 Å². The topological polar surface area (TPSA) is 395 Å². The van der Waals surface area contributed by atoms with Crippen molar-refractivity contribution >= 4 is 52.0 Å². The lowest BCUT2D eigenvalue weighted by Gasteiger charge is -2.47. The molecule has 2 aliphatic heterocycles. The lowest BCUT2D eigenvalue weighted by atomic mass is 9.97. The Hall–Kier alpha value is -0.890. The van der Waals surface area contributed by atoms with Gasteiger partial charge in [0.05, 0.1) is 13.2 Å². The van der Waals surface area contributed by atoms with E-state index >= 15 is 0 Å². The number of aliphatic hydroxyl groups is 2. The van der Waals surface area contributed by atoms with Crippen LogP contribution in [0.2, 0.25) is 0 Å². The average molecular weight is 757 g/mol. The van der Waals surface area contributed by atoms with E-state index in [9.17, 15) is 61.4 Å². The van der Waals surface area contributed by atoms with Gasteiger partial charge >= 0.3 is 52.0 Å². The molecule has 2 saturated heterocycles. The molecule has 0 aliphatic carbocycles. The monoisotopic (exact) mass is 756 g/mol. The molecule has 0 amide bonds. The van der Waals surface area contributed by atoms with Crippen molar-refractivity contribution in [2.24, 2.45) is 0 Å². The van der Waals surface area contributed by atoms with Crippen molar-refractivity contribution in [1.82, 2.24) is 0 Å². The van der Waals surface area contributed by atoms with Gasteiger partial charge in [-0.2, -0.15) is 42.1 Å². The number of aliphatic hydroxyl groups excluding tert-OH is 2. The maximum absolute atomic E-state index is 11.7. The zero-order valence-corrected chi connectivity index (χ0v) is 25.2. The van der Waals surface area contributed by atoms with Gasteiger partial charge in [0, 0.05) is 7.11 Å². The average Bonchev–Trinajstić information content (AvgIpc) is 2.80. The molecule has 31 heteroatoms. The number of ether oxygens (including phenoxy) is 4. The summed E-state index contributed by atoms with van der Waals surface area (Å²) in [5, 5.41) is 20.7. The molecule has 26 nitrogen and oxygen atoms in total. The fourth-order valence-corrected chi connectivity index (χ4v) is 5.79. The van der Waals surface area contributed by atoms with Gasteiger partial charge in [-0.05, 0) is 0 Å². The standard InChI is InChI=1S/C13H24O26S5/c1-31-12-11(39-44(28,29)30)10(38-43(25,26)27)8(5(35-12)3-33-41(19,20)21)36-13-9(37-42(22,23)24)7(15)6(14)4(34-13)2-32-40(16,17)18/h4-15H,2-3H2,1H3,(H,16,17,18)(H,19,20,21)(H,22,23,24)(H,25,26,27)(H,28,29,30)/t4-,5-,6+,7+,8-,9-,10+,11-,12-,13-/m1/s1. The molecular formula is C13H24O26S5. The summed E-state index contributed by atoms with van der Waals surface area (Å²) in [6.45, 7) is -2.83. The molecule has 0 aromatic heterocycles. The molecule has 0 saturated carbocycles. The van der Waals surface area contributed by atoms with Crippen molar-refractivity contribution in [3.05, 3.63) is 0 Å². The van der Waals surface area contributed by atoms with Gasteiger partial charge in [-0.25, -0.2) is 20.9 Å². The SMILES string of the molecule is CO[C@@H]1O[C@H](COS(=O)(=O)O)[C@@H](O[C@H]2O[C@H](COS(=O)(=O)O)[C@H](O)[C@H](O)[C@H]2OS(=O)(=O)O)[C@H](OS(=O)(=O)O)[C@H]1OS(=O)(=O)O. The molecule has 0 radical (unpaired) electrons. The predicted octanol–water partition coefficient (Wildman–Crippen LogP) is -5.61. The molecule has 7 N–H and O–H groups in total. The van der Waals surface area contributed by atoms with E-state index in [4.69, 9.17) is 32.6 Å². The Morgan fingerprint density at radius 3 is 1.36 bits per heavy atom. The Morgan fingerprint density at radius 1 is 0.523 bits per heavy atom. The fraction of sp³-hybridized carbons (Fsp3) is 1.00. The van der Waals surface area contributed by atoms with E-state index in [0.29, 0.717) is 0 Å². The number of methoxy groups -OCH3 is 1. The van der Waals surface area contributed by atoms with E-state index in [2.05, 4.69) is 20.9 Å². The maximum atomic E-state index is 11.7. The van der Waals surface area contributed by atoms with Crippen LogP contribution in [0.3, 0.4) is 0 Å². The summed E-state index contributed by atoms with van der Waals surface area (Å²) < 4.78 is 200. The quantitative estimate of drug-likeness (QED) is 0.0766. The molecule has 10 atom stereocenters. The van der Waals surface area contributed by atoms with Crippen LogP contribution in [0.25, 0.3) is 0 Å². The van der Waals surface area contributed by atoms with Crippen LogP contribution in [0, 0.1) is 0 Å². The first-order valence-electron chi connectivity index (χ1n) is 10.8. The van der Waals surface area contributed by atoms with Gasteiger partial charge in [0.1, 0.15) is 36.6 Å². The molecule has 2 rings (SSSR count). The van der Waals surface area contributed by atoms with Gasteiger partial charge < -0.3 is 29.2 Å². The second kappa shape index (κ2) is 14.5. The van der Waals surface area contributed by atoms with Gasteiger partial charge in [-0.1, -0.05) is 0 Å². The van der Waals surface area contributed by atoms with E-state index in [-0.39, 0.29) is 0 Å². The summed E-state index contributed by atoms with van der Waals surface area (Å²) in [5.41, 5.74) is 0. The molecule has 2 heterocycles. The third-order valence-corrected chi connectivity index (χ3v) is 7.48. The summed E-state index contributed by atoms with van der Waals surface area (Å²) in [4.78, 5) is 0. The Kier molecular flexibility index (Phi) is 12.9. The highest BCUT2D eigenvalue weighted by molar-refractivity contribution is 7.81. The Labute approximate surface area is 248 Å². The lowest BCUT2D eigenvalue weighted by Crippen LogP contribution is -2.66. The van der Waals surface area contributed by atoms with Gasteiger partial charge in [-0.3, -0.25) is 22.8 Å². The smallest absolute Gasteiger partial charge is 0.387 e. The van der Waals surface area contributed by atoms with E-state index in [0.717, 1.165) is 7.11 Å². The van der Waals surface area contributed by atoms with Crippen LogP contribution < -0.4 is 0 Å². The zero-order valence-electron chi connectivity index (χ0n) is 21.1. The highest BCUT2D eigenvalue weighted by Crippen LogP contribution is 2.35. The van der Waals surface area contributed by atoms with Crippen LogP contribution in [-0.4, -0.2) is 157 Å². The highest BCUT2D eigenvalue weighted by atomic mass is 32.3. The van der Waals surface area contributed by atoms with E-state index < -0.39 is 127 Å². The van der Waals surface area contributed by atoms with Crippen molar-refractivity contribution in [1.29, 1.82) is 0 Å². The number of rotatable bonds is 15. The van der Waals surface area contributed by atoms with E-state index in [1.807, 2.05) is 0 Å². The second-order valence-electron chi connectivity index (χ2n) is 8.29. The molecule has 2 fully saturated rings. The van der Waals surface area contributed by atoms with Crippen molar-refractivity contribution in [2.75, 3.05) is 20.3 Å². The zero-order chi connectivity index (χ0) is 34.1. The summed E-state index contributed by atoms with van der Waals surface area (Å²) in [6, 6.07) is 0. The third-order valence-electron chi connectivity index (χ3n) is 5.22. The van der Waals surface area contributed by atoms with Crippen molar-refractivity contribution in [3.63, 3.8) is 0 Å². The summed E-state index contributed by atoms with van der Waals surface area (Å²) >= 11 is 0. The normalized spacial score (nSPS) is 34.5. The van der Waals surface area contributed by atoms with Gasteiger partial charge in [-0.15, -0.1) is 0 Å². The van der Waals surface area contributed by atoms with Crippen LogP contribution in [0.1, 0.15) is 0 Å². The van der Waals surface area contributed by atoms with Crippen LogP contribution in [0.5, 0.6) is 0 Å². The summed E-state index contributed by atoms with van der Waals surface area (Å²) in [6.07, 6.45) is -24.7. The Balaban J connectivity index is 2.69. The Morgan fingerprint density at radius 2 is 0.932 bits per heavy atom. The van der Waals surface area contributed by atoms with Crippen molar-refractivity contribution in [3.8, 4) is 0 Å². The maximum Gasteiger partial charge on any atom is 0.397 e. The second-order valence-corrected chi connectivity index (χ2v) is 13.6.